The molecule has 0 bridgehead atoms. The molecule has 0 amide bonds. The second-order valence-corrected chi connectivity index (χ2v) is 5.04. The molecule has 0 unspecified atom stereocenters. The molecule has 22 heavy (non-hydrogen) atoms. The van der Waals surface area contributed by atoms with E-state index in [9.17, 15) is 10.1 Å². The van der Waals surface area contributed by atoms with Crippen molar-refractivity contribution in [2.75, 3.05) is 42.6 Å². The normalized spacial score (nSPS) is 17.4. The summed E-state index contributed by atoms with van der Waals surface area (Å²) < 4.78 is 5.49. The fourth-order valence-electron chi connectivity index (χ4n) is 2.20. The van der Waals surface area contributed by atoms with Crippen molar-refractivity contribution >= 4 is 23.3 Å². The summed E-state index contributed by atoms with van der Waals surface area (Å²) in [6, 6.07) is 0. The van der Waals surface area contributed by atoms with Crippen molar-refractivity contribution in [3.05, 3.63) is 10.1 Å². The highest BCUT2D eigenvalue weighted by atomic mass is 16.6. The Hall–Kier alpha value is -2.20. The van der Waals surface area contributed by atoms with Crippen LogP contribution in [-0.4, -0.2) is 47.2 Å². The predicted octanol–water partition coefficient (Wildman–Crippen LogP) is -0.398. The Morgan fingerprint density at radius 2 is 2.27 bits per heavy atom. The molecule has 1 fully saturated rings. The summed E-state index contributed by atoms with van der Waals surface area (Å²) in [4.78, 5) is 18.7. The van der Waals surface area contributed by atoms with Crippen molar-refractivity contribution in [1.29, 1.82) is 0 Å². The molecule has 1 aromatic heterocycles. The maximum atomic E-state index is 11.2. The topological polar surface area (TPSA) is 156 Å². The van der Waals surface area contributed by atoms with Gasteiger partial charge in [0.05, 0.1) is 17.6 Å². The van der Waals surface area contributed by atoms with E-state index in [2.05, 4.69) is 26.3 Å². The number of nitrogen functional groups attached to an aromatic ring is 1. The van der Waals surface area contributed by atoms with Gasteiger partial charge in [0, 0.05) is 26.1 Å². The highest BCUT2D eigenvalue weighted by Gasteiger charge is 2.24. The van der Waals surface area contributed by atoms with Crippen LogP contribution >= 0.6 is 0 Å². The summed E-state index contributed by atoms with van der Waals surface area (Å²) in [6.45, 7) is 2.58. The van der Waals surface area contributed by atoms with Crippen LogP contribution in [0, 0.1) is 10.1 Å². The first kappa shape index (κ1) is 16.2. The van der Waals surface area contributed by atoms with Gasteiger partial charge in [-0.3, -0.25) is 10.1 Å². The summed E-state index contributed by atoms with van der Waals surface area (Å²) in [5.41, 5.74) is 9.13. The van der Waals surface area contributed by atoms with Crippen molar-refractivity contribution in [1.82, 2.24) is 9.97 Å². The second kappa shape index (κ2) is 7.71. The van der Waals surface area contributed by atoms with Gasteiger partial charge in [-0.05, 0) is 12.8 Å². The SMILES string of the molecule is Nc1nc(NCCC[NH3+])nc(NC[C@H]2CCCO2)c1[N+](=O)[O-]. The lowest BCUT2D eigenvalue weighted by atomic mass is 10.2. The van der Waals surface area contributed by atoms with E-state index in [1.165, 1.54) is 0 Å². The van der Waals surface area contributed by atoms with Crippen molar-refractivity contribution in [3.63, 3.8) is 0 Å². The van der Waals surface area contributed by atoms with E-state index in [1.54, 1.807) is 0 Å². The predicted molar refractivity (Wildman–Crippen MR) is 81.4 cm³/mol. The molecule has 0 saturated carbocycles. The lowest BCUT2D eigenvalue weighted by Crippen LogP contribution is -2.50. The molecule has 122 valence electrons. The Balaban J connectivity index is 2.12. The van der Waals surface area contributed by atoms with Crippen LogP contribution in [0.5, 0.6) is 0 Å². The molecule has 7 N–H and O–H groups in total. The summed E-state index contributed by atoms with van der Waals surface area (Å²) in [7, 11) is 0. The Morgan fingerprint density at radius 1 is 1.45 bits per heavy atom. The zero-order valence-electron chi connectivity index (χ0n) is 12.4. The number of hydrogen-bond acceptors (Lipinski definition) is 8. The molecule has 1 saturated heterocycles. The number of ether oxygens (including phenoxy) is 1. The van der Waals surface area contributed by atoms with Gasteiger partial charge in [0.1, 0.15) is 0 Å². The Labute approximate surface area is 127 Å². The third-order valence-corrected chi connectivity index (χ3v) is 3.32. The lowest BCUT2D eigenvalue weighted by molar-refractivity contribution is -0.383. The minimum atomic E-state index is -0.576. The number of nitrogens with two attached hydrogens (primary N) is 1. The van der Waals surface area contributed by atoms with Crippen molar-refractivity contribution in [3.8, 4) is 0 Å². The van der Waals surface area contributed by atoms with Gasteiger partial charge in [0.2, 0.25) is 17.6 Å². The maximum absolute atomic E-state index is 11.2. The molecule has 0 spiro atoms. The van der Waals surface area contributed by atoms with Gasteiger partial charge in [-0.2, -0.15) is 9.97 Å². The van der Waals surface area contributed by atoms with Crippen LogP contribution in [0.4, 0.5) is 23.3 Å². The fourth-order valence-corrected chi connectivity index (χ4v) is 2.20. The number of anilines is 3. The molecule has 0 radical (unpaired) electrons. The molecular formula is C12H22N7O3+. The van der Waals surface area contributed by atoms with E-state index in [0.29, 0.717) is 13.1 Å². The Morgan fingerprint density at radius 3 is 2.91 bits per heavy atom. The van der Waals surface area contributed by atoms with Crippen molar-refractivity contribution in [2.24, 2.45) is 0 Å². The van der Waals surface area contributed by atoms with Gasteiger partial charge in [-0.25, -0.2) is 0 Å². The minimum absolute atomic E-state index is 0.0402. The molecular weight excluding hydrogens is 290 g/mol. The number of aromatic nitrogens is 2. The largest absolute Gasteiger partial charge is 0.378 e. The zero-order chi connectivity index (χ0) is 15.9. The number of nitrogens with zero attached hydrogens (tertiary/aromatic N) is 3. The Bertz CT molecular complexity index is 520. The van der Waals surface area contributed by atoms with Gasteiger partial charge in [-0.15, -0.1) is 0 Å². The number of quaternary nitrogens is 1. The Kier molecular flexibility index (Phi) is 5.67. The van der Waals surface area contributed by atoms with Crippen LogP contribution in [-0.2, 0) is 4.74 Å². The molecule has 0 aromatic carbocycles. The van der Waals surface area contributed by atoms with Crippen LogP contribution in [0.2, 0.25) is 0 Å². The highest BCUT2D eigenvalue weighted by molar-refractivity contribution is 5.69. The minimum Gasteiger partial charge on any atom is -0.378 e. The van der Waals surface area contributed by atoms with E-state index < -0.39 is 4.92 Å². The average molecular weight is 312 g/mol. The van der Waals surface area contributed by atoms with Crippen LogP contribution in [0.15, 0.2) is 0 Å². The van der Waals surface area contributed by atoms with Crippen LogP contribution in [0.3, 0.4) is 0 Å². The summed E-state index contributed by atoms with van der Waals surface area (Å²) in [6.07, 6.45) is 2.81. The smallest absolute Gasteiger partial charge is 0.353 e. The van der Waals surface area contributed by atoms with E-state index in [0.717, 1.165) is 32.4 Å². The van der Waals surface area contributed by atoms with Gasteiger partial charge in [-0.1, -0.05) is 0 Å². The number of nitro groups is 1. The third kappa shape index (κ3) is 4.15. The molecule has 2 heterocycles. The van der Waals surface area contributed by atoms with Crippen LogP contribution < -0.4 is 22.1 Å². The number of hydrogen-bond donors (Lipinski definition) is 4. The lowest BCUT2D eigenvalue weighted by Gasteiger charge is -2.13. The molecule has 10 nitrogen and oxygen atoms in total. The molecule has 1 aliphatic rings. The van der Waals surface area contributed by atoms with E-state index in [1.807, 2.05) is 0 Å². The highest BCUT2D eigenvalue weighted by Crippen LogP contribution is 2.29. The number of rotatable bonds is 8. The molecule has 1 aliphatic heterocycles. The second-order valence-electron chi connectivity index (χ2n) is 5.04. The molecule has 2 rings (SSSR count). The van der Waals surface area contributed by atoms with E-state index >= 15 is 0 Å². The maximum Gasteiger partial charge on any atom is 0.353 e. The van der Waals surface area contributed by atoms with Gasteiger partial charge in [0.15, 0.2) is 0 Å². The number of nitrogens with one attached hydrogen (secondary N) is 2. The first-order valence-electron chi connectivity index (χ1n) is 7.32. The zero-order valence-corrected chi connectivity index (χ0v) is 12.4. The van der Waals surface area contributed by atoms with Crippen molar-refractivity contribution in [2.45, 2.75) is 25.4 Å². The van der Waals surface area contributed by atoms with Crippen molar-refractivity contribution < 1.29 is 15.4 Å². The van der Waals surface area contributed by atoms with Gasteiger partial charge < -0.3 is 26.8 Å². The van der Waals surface area contributed by atoms with Crippen LogP contribution in [0.25, 0.3) is 0 Å². The molecule has 0 aliphatic carbocycles. The monoisotopic (exact) mass is 312 g/mol. The average Bonchev–Trinajstić information content (AvgIpc) is 2.97. The first-order valence-corrected chi connectivity index (χ1v) is 7.32. The van der Waals surface area contributed by atoms with Gasteiger partial charge in [0.25, 0.3) is 0 Å². The first-order chi connectivity index (χ1) is 10.6. The summed E-state index contributed by atoms with van der Waals surface area (Å²) in [5.74, 6) is 0.225. The summed E-state index contributed by atoms with van der Waals surface area (Å²) in [5, 5.41) is 17.1. The van der Waals surface area contributed by atoms with Gasteiger partial charge >= 0.3 is 5.69 Å². The fraction of sp³-hybridized carbons (Fsp3) is 0.667. The molecule has 10 heteroatoms. The van der Waals surface area contributed by atoms with E-state index in [-0.39, 0.29) is 29.4 Å². The van der Waals surface area contributed by atoms with Crippen LogP contribution in [0.1, 0.15) is 19.3 Å². The molecule has 1 atom stereocenters. The standard InChI is InChI=1S/C12H21N7O3/c13-4-2-5-15-12-17-10(14)9(19(20)21)11(18-12)16-7-8-3-1-6-22-8/h8H,1-7,13H2,(H4,14,15,16,17,18)/p+1/t8-/m1/s1. The molecule has 1 aromatic rings. The summed E-state index contributed by atoms with van der Waals surface area (Å²) >= 11 is 0. The van der Waals surface area contributed by atoms with E-state index in [4.69, 9.17) is 10.5 Å². The quantitative estimate of drug-likeness (QED) is 0.287. The third-order valence-electron chi connectivity index (χ3n) is 3.32.